The van der Waals surface area contributed by atoms with Crippen molar-refractivity contribution < 1.29 is 19.8 Å². The number of nitrogens with zero attached hydrogens (tertiary/aromatic N) is 1. The van der Waals surface area contributed by atoms with Crippen molar-refractivity contribution in [2.45, 2.75) is 76.7 Å². The van der Waals surface area contributed by atoms with E-state index >= 15 is 0 Å². The molecule has 2 fully saturated rings. The summed E-state index contributed by atoms with van der Waals surface area (Å²) in [5.41, 5.74) is 5.25. The summed E-state index contributed by atoms with van der Waals surface area (Å²) in [5, 5.41) is 24.0. The van der Waals surface area contributed by atoms with Crippen LogP contribution in [0.3, 0.4) is 0 Å². The normalized spacial score (nSPS) is 35.2. The highest BCUT2D eigenvalue weighted by atomic mass is 16.5. The predicted octanol–water partition coefficient (Wildman–Crippen LogP) is 5.55. The number of ether oxygens (including phenoxy) is 1. The molecule has 1 aromatic rings. The number of carbonyl (C=O) groups is 1. The molecule has 5 heteroatoms. The van der Waals surface area contributed by atoms with E-state index in [9.17, 15) is 9.90 Å². The Balaban J connectivity index is 1.59. The van der Waals surface area contributed by atoms with Gasteiger partial charge in [-0.1, -0.05) is 48.8 Å². The SMILES string of the molecule is CCCOC[C@]1(O)CC[C@H]2[C@@H]3CCC4=CC(=O)CCC4=C3[C@@H](c3ccc(C=NO)cc3)C[C@@]21C. The Kier molecular flexibility index (Phi) is 6.28. The molecule has 2 saturated carbocycles. The topological polar surface area (TPSA) is 79.1 Å². The highest BCUT2D eigenvalue weighted by molar-refractivity contribution is 5.93. The largest absolute Gasteiger partial charge is 0.411 e. The van der Waals surface area contributed by atoms with Crippen LogP contribution in [0.1, 0.15) is 82.3 Å². The molecule has 1 aromatic carbocycles. The Morgan fingerprint density at radius 2 is 1.97 bits per heavy atom. The first kappa shape index (κ1) is 23.5. The zero-order valence-corrected chi connectivity index (χ0v) is 20.4. The minimum absolute atomic E-state index is 0.203. The summed E-state index contributed by atoms with van der Waals surface area (Å²) >= 11 is 0. The highest BCUT2D eigenvalue weighted by Crippen LogP contribution is 2.66. The van der Waals surface area contributed by atoms with Gasteiger partial charge in [0.05, 0.1) is 18.4 Å². The average molecular weight is 464 g/mol. The van der Waals surface area contributed by atoms with Gasteiger partial charge in [-0.15, -0.1) is 0 Å². The molecule has 4 aliphatic rings. The average Bonchev–Trinajstić information content (AvgIpc) is 3.09. The number of oxime groups is 1. The molecule has 0 amide bonds. The lowest BCUT2D eigenvalue weighted by atomic mass is 9.51. The molecule has 2 N–H and O–H groups in total. The summed E-state index contributed by atoms with van der Waals surface area (Å²) in [6.45, 7) is 5.49. The number of hydrogen-bond acceptors (Lipinski definition) is 5. The van der Waals surface area contributed by atoms with E-state index in [0.717, 1.165) is 50.5 Å². The van der Waals surface area contributed by atoms with Gasteiger partial charge in [0, 0.05) is 24.4 Å². The van der Waals surface area contributed by atoms with Crippen molar-refractivity contribution in [1.29, 1.82) is 0 Å². The molecular weight excluding hydrogens is 426 g/mol. The third kappa shape index (κ3) is 3.77. The van der Waals surface area contributed by atoms with Crippen LogP contribution >= 0.6 is 0 Å². The lowest BCUT2D eigenvalue weighted by Crippen LogP contribution is -2.53. The molecule has 34 heavy (non-hydrogen) atoms. The van der Waals surface area contributed by atoms with E-state index in [0.29, 0.717) is 31.5 Å². The second-order valence-corrected chi connectivity index (χ2v) is 11.0. The van der Waals surface area contributed by atoms with Crippen molar-refractivity contribution in [2.75, 3.05) is 13.2 Å². The zero-order chi connectivity index (χ0) is 23.9. The zero-order valence-electron chi connectivity index (χ0n) is 20.4. The Bertz CT molecular complexity index is 1040. The molecule has 0 bridgehead atoms. The molecule has 0 spiro atoms. The lowest BCUT2D eigenvalue weighted by molar-refractivity contribution is -0.135. The van der Waals surface area contributed by atoms with Crippen LogP contribution < -0.4 is 0 Å². The van der Waals surface area contributed by atoms with Gasteiger partial charge in [-0.05, 0) is 85.1 Å². The van der Waals surface area contributed by atoms with Crippen LogP contribution in [-0.4, -0.2) is 41.1 Å². The van der Waals surface area contributed by atoms with Gasteiger partial charge in [-0.2, -0.15) is 0 Å². The third-order valence-corrected chi connectivity index (χ3v) is 9.29. The van der Waals surface area contributed by atoms with Gasteiger partial charge < -0.3 is 15.1 Å². The van der Waals surface area contributed by atoms with E-state index in [1.807, 2.05) is 18.2 Å². The lowest BCUT2D eigenvalue weighted by Gasteiger charge is -2.54. The first-order chi connectivity index (χ1) is 16.4. The van der Waals surface area contributed by atoms with Gasteiger partial charge in [0.1, 0.15) is 0 Å². The monoisotopic (exact) mass is 463 g/mol. The van der Waals surface area contributed by atoms with Crippen molar-refractivity contribution in [2.24, 2.45) is 22.4 Å². The Morgan fingerprint density at radius 3 is 2.71 bits per heavy atom. The molecule has 0 unspecified atom stereocenters. The fraction of sp³-hybridized carbons (Fsp3) is 0.586. The van der Waals surface area contributed by atoms with Crippen LogP contribution in [-0.2, 0) is 9.53 Å². The van der Waals surface area contributed by atoms with Crippen LogP contribution in [0.25, 0.3) is 0 Å². The number of rotatable bonds is 6. The first-order valence-electron chi connectivity index (χ1n) is 12.9. The minimum Gasteiger partial charge on any atom is -0.411 e. The summed E-state index contributed by atoms with van der Waals surface area (Å²) in [7, 11) is 0. The van der Waals surface area contributed by atoms with Crippen LogP contribution in [0.15, 0.2) is 52.2 Å². The Hall–Kier alpha value is -2.24. The molecule has 0 aromatic heterocycles. The number of carbonyl (C=O) groups excluding carboxylic acids is 1. The van der Waals surface area contributed by atoms with Crippen molar-refractivity contribution in [3.63, 3.8) is 0 Å². The highest BCUT2D eigenvalue weighted by Gasteiger charge is 2.62. The second kappa shape index (κ2) is 9.09. The minimum atomic E-state index is -0.816. The number of hydrogen-bond donors (Lipinski definition) is 2. The fourth-order valence-corrected chi connectivity index (χ4v) is 7.56. The number of ketones is 1. The van der Waals surface area contributed by atoms with Crippen molar-refractivity contribution in [3.05, 3.63) is 58.2 Å². The van der Waals surface area contributed by atoms with Crippen LogP contribution in [0.4, 0.5) is 0 Å². The summed E-state index contributed by atoms with van der Waals surface area (Å²) in [6.07, 6.45) is 10.5. The molecule has 0 heterocycles. The Labute approximate surface area is 202 Å². The van der Waals surface area contributed by atoms with Crippen LogP contribution in [0.5, 0.6) is 0 Å². The number of benzene rings is 1. The molecule has 5 rings (SSSR count). The van der Waals surface area contributed by atoms with Gasteiger partial charge in [0.2, 0.25) is 0 Å². The van der Waals surface area contributed by atoms with Gasteiger partial charge in [-0.25, -0.2) is 0 Å². The smallest absolute Gasteiger partial charge is 0.156 e. The van der Waals surface area contributed by atoms with Gasteiger partial charge >= 0.3 is 0 Å². The van der Waals surface area contributed by atoms with Crippen molar-refractivity contribution in [1.82, 2.24) is 0 Å². The van der Waals surface area contributed by atoms with E-state index < -0.39 is 5.60 Å². The molecule has 5 nitrogen and oxygen atoms in total. The van der Waals surface area contributed by atoms with E-state index in [-0.39, 0.29) is 17.1 Å². The molecule has 0 saturated heterocycles. The third-order valence-electron chi connectivity index (χ3n) is 9.29. The molecule has 5 atom stereocenters. The van der Waals surface area contributed by atoms with Crippen LogP contribution in [0.2, 0.25) is 0 Å². The summed E-state index contributed by atoms with van der Waals surface area (Å²) in [5.74, 6) is 1.32. The van der Waals surface area contributed by atoms with Crippen LogP contribution in [0, 0.1) is 17.3 Å². The maximum atomic E-state index is 12.2. The maximum absolute atomic E-state index is 12.2. The first-order valence-corrected chi connectivity index (χ1v) is 12.9. The van der Waals surface area contributed by atoms with Gasteiger partial charge in [0.15, 0.2) is 5.78 Å². The fourth-order valence-electron chi connectivity index (χ4n) is 7.56. The van der Waals surface area contributed by atoms with Crippen molar-refractivity contribution >= 4 is 12.0 Å². The number of fused-ring (bicyclic) bond motifs is 4. The number of aliphatic hydroxyl groups is 1. The summed E-state index contributed by atoms with van der Waals surface area (Å²) in [4.78, 5) is 12.2. The summed E-state index contributed by atoms with van der Waals surface area (Å²) < 4.78 is 5.95. The Morgan fingerprint density at radius 1 is 1.18 bits per heavy atom. The molecular formula is C29H37NO4. The van der Waals surface area contributed by atoms with E-state index in [2.05, 4.69) is 31.1 Å². The second-order valence-electron chi connectivity index (χ2n) is 11.0. The van der Waals surface area contributed by atoms with Crippen molar-refractivity contribution in [3.8, 4) is 0 Å². The molecule has 0 radical (unpaired) electrons. The van der Waals surface area contributed by atoms with Gasteiger partial charge in [-0.3, -0.25) is 4.79 Å². The predicted molar refractivity (Wildman–Crippen MR) is 132 cm³/mol. The standard InChI is InChI=1S/C29H37NO4/c1-3-14-34-18-29(32)13-12-26-24-10-8-21-15-22(31)9-11-23(21)27(24)25(16-28(26,29)2)20-6-4-19(5-7-20)17-30-33/h4-7,15,17,24-26,32-33H,3,8-14,16,18H2,1-2H3/t24-,25+,26-,28-,29+/m0/s1. The maximum Gasteiger partial charge on any atom is 0.156 e. The summed E-state index contributed by atoms with van der Waals surface area (Å²) in [6, 6.07) is 8.28. The number of allylic oxidation sites excluding steroid dienone is 4. The van der Waals surface area contributed by atoms with E-state index in [1.54, 1.807) is 0 Å². The van der Waals surface area contributed by atoms with E-state index in [1.165, 1.54) is 28.5 Å². The van der Waals surface area contributed by atoms with E-state index in [4.69, 9.17) is 9.94 Å². The molecule has 0 aliphatic heterocycles. The molecule has 182 valence electrons. The quantitative estimate of drug-likeness (QED) is 0.251. The van der Waals surface area contributed by atoms with Gasteiger partial charge in [0.25, 0.3) is 0 Å². The molecule has 4 aliphatic carbocycles.